The number of thiophene rings is 3. The van der Waals surface area contributed by atoms with Crippen molar-refractivity contribution in [3.05, 3.63) is 45.1 Å². The quantitative estimate of drug-likeness (QED) is 0.275. The molecule has 4 aromatic rings. The number of fused-ring (bicyclic) bond motifs is 9. The lowest BCUT2D eigenvalue weighted by Gasteiger charge is -2.34. The fraction of sp³-hybridized carbons (Fsp3) is 0.333. The molecule has 29 heavy (non-hydrogen) atoms. The summed E-state index contributed by atoms with van der Waals surface area (Å²) < 4.78 is 14.3. The summed E-state index contributed by atoms with van der Waals surface area (Å²) in [7, 11) is 0. The van der Waals surface area contributed by atoms with Crippen LogP contribution in [0.5, 0.6) is 11.5 Å². The third-order valence-electron chi connectivity index (χ3n) is 5.89. The first-order valence-electron chi connectivity index (χ1n) is 9.86. The van der Waals surface area contributed by atoms with E-state index in [0.29, 0.717) is 0 Å². The van der Waals surface area contributed by atoms with E-state index in [9.17, 15) is 0 Å². The van der Waals surface area contributed by atoms with Crippen molar-refractivity contribution in [3.8, 4) is 31.7 Å². The largest absolute Gasteiger partial charge is 0.482 e. The maximum Gasteiger partial charge on any atom is 0.140 e. The summed E-state index contributed by atoms with van der Waals surface area (Å²) >= 11 is 5.57. The van der Waals surface area contributed by atoms with Crippen LogP contribution in [0.4, 0.5) is 0 Å². The first-order chi connectivity index (χ1) is 13.7. The minimum atomic E-state index is -0.373. The Morgan fingerprint density at radius 3 is 1.97 bits per heavy atom. The third-order valence-corrected chi connectivity index (χ3v) is 9.37. The van der Waals surface area contributed by atoms with Crippen molar-refractivity contribution in [1.82, 2.24) is 0 Å². The molecule has 0 N–H and O–H groups in total. The molecule has 148 valence electrons. The van der Waals surface area contributed by atoms with Gasteiger partial charge in [-0.15, -0.1) is 34.0 Å². The van der Waals surface area contributed by atoms with Gasteiger partial charge in [-0.05, 0) is 53.7 Å². The molecule has 3 aromatic heterocycles. The van der Waals surface area contributed by atoms with E-state index in [1.54, 1.807) is 0 Å². The van der Waals surface area contributed by atoms with E-state index >= 15 is 0 Å². The summed E-state index contributed by atoms with van der Waals surface area (Å²) in [6.07, 6.45) is 0. The van der Waals surface area contributed by atoms with Crippen LogP contribution in [0.25, 0.3) is 30.3 Å². The van der Waals surface area contributed by atoms with Crippen molar-refractivity contribution in [2.75, 3.05) is 0 Å². The van der Waals surface area contributed by atoms with Crippen molar-refractivity contribution in [2.24, 2.45) is 0 Å². The van der Waals surface area contributed by atoms with Gasteiger partial charge in [0.15, 0.2) is 0 Å². The summed E-state index contributed by atoms with van der Waals surface area (Å²) in [6, 6.07) is 8.96. The second-order valence-corrected chi connectivity index (χ2v) is 12.5. The predicted molar refractivity (Wildman–Crippen MR) is 125 cm³/mol. The minimum Gasteiger partial charge on any atom is -0.482 e. The van der Waals surface area contributed by atoms with Gasteiger partial charge in [-0.1, -0.05) is 12.1 Å². The normalized spacial score (nSPS) is 17.7. The Labute approximate surface area is 182 Å². The molecule has 0 atom stereocenters. The number of rotatable bonds is 0. The summed E-state index contributed by atoms with van der Waals surface area (Å²) in [6.45, 7) is 13.1. The van der Waals surface area contributed by atoms with Crippen LogP contribution in [0.2, 0.25) is 0 Å². The highest BCUT2D eigenvalue weighted by atomic mass is 32.1. The number of hydrogen-bond acceptors (Lipinski definition) is 5. The minimum absolute atomic E-state index is 0.354. The number of ether oxygens (including phenoxy) is 2. The number of aryl methyl sites for hydroxylation is 2. The Morgan fingerprint density at radius 1 is 0.690 bits per heavy atom. The Kier molecular flexibility index (Phi) is 3.38. The van der Waals surface area contributed by atoms with Crippen molar-refractivity contribution in [2.45, 2.75) is 52.7 Å². The fourth-order valence-electron chi connectivity index (χ4n) is 4.84. The topological polar surface area (TPSA) is 18.5 Å². The monoisotopic (exact) mass is 438 g/mol. The van der Waals surface area contributed by atoms with Crippen molar-refractivity contribution >= 4 is 44.1 Å². The molecule has 0 fully saturated rings. The highest BCUT2D eigenvalue weighted by Crippen LogP contribution is 2.59. The lowest BCUT2D eigenvalue weighted by atomic mass is 9.85. The molecular formula is C24H22O2S3. The maximum absolute atomic E-state index is 6.52. The average molecular weight is 439 g/mol. The van der Waals surface area contributed by atoms with Gasteiger partial charge >= 0.3 is 0 Å². The molecule has 5 heterocycles. The Bertz CT molecular complexity index is 1330. The van der Waals surface area contributed by atoms with Gasteiger partial charge in [0.1, 0.15) is 22.7 Å². The van der Waals surface area contributed by atoms with Gasteiger partial charge in [-0.2, -0.15) is 0 Å². The van der Waals surface area contributed by atoms with Crippen LogP contribution in [0.3, 0.4) is 0 Å². The molecule has 6 rings (SSSR count). The average Bonchev–Trinajstić information content (AvgIpc) is 3.26. The number of hydrogen-bond donors (Lipinski definition) is 0. The molecule has 1 aromatic carbocycles. The molecular weight excluding hydrogens is 416 g/mol. The van der Waals surface area contributed by atoms with Crippen LogP contribution >= 0.6 is 34.0 Å². The molecule has 0 bridgehead atoms. The Balaban J connectivity index is 1.74. The van der Waals surface area contributed by atoms with Gasteiger partial charge in [0.2, 0.25) is 0 Å². The Morgan fingerprint density at radius 2 is 1.28 bits per heavy atom. The van der Waals surface area contributed by atoms with Crippen molar-refractivity contribution in [3.63, 3.8) is 0 Å². The predicted octanol–water partition coefficient (Wildman–Crippen LogP) is 8.23. The van der Waals surface area contributed by atoms with E-state index in [1.165, 1.54) is 51.2 Å². The van der Waals surface area contributed by atoms with Crippen LogP contribution in [0.1, 0.15) is 48.6 Å². The summed E-state index contributed by atoms with van der Waals surface area (Å²) in [5, 5.41) is 1.30. The molecule has 0 radical (unpaired) electrons. The Hall–Kier alpha value is -1.82. The van der Waals surface area contributed by atoms with Gasteiger partial charge in [-0.3, -0.25) is 0 Å². The van der Waals surface area contributed by atoms with Crippen LogP contribution in [0.15, 0.2) is 24.3 Å². The highest BCUT2D eigenvalue weighted by Gasteiger charge is 2.41. The lowest BCUT2D eigenvalue weighted by Crippen LogP contribution is -2.29. The molecule has 0 saturated carbocycles. The van der Waals surface area contributed by atoms with Gasteiger partial charge in [-0.25, -0.2) is 0 Å². The van der Waals surface area contributed by atoms with E-state index in [0.717, 1.165) is 11.5 Å². The van der Waals surface area contributed by atoms with Crippen LogP contribution in [-0.2, 0) is 11.2 Å². The summed E-state index contributed by atoms with van der Waals surface area (Å²) in [5.41, 5.74) is 3.23. The molecule has 2 aliphatic heterocycles. The summed E-state index contributed by atoms with van der Waals surface area (Å²) in [4.78, 5) is 6.47. The second-order valence-electron chi connectivity index (χ2n) is 9.00. The van der Waals surface area contributed by atoms with Gasteiger partial charge in [0.25, 0.3) is 0 Å². The zero-order chi connectivity index (χ0) is 20.3. The van der Waals surface area contributed by atoms with E-state index in [2.05, 4.69) is 65.8 Å². The van der Waals surface area contributed by atoms with Crippen LogP contribution in [0, 0.1) is 13.8 Å². The van der Waals surface area contributed by atoms with Crippen molar-refractivity contribution in [1.29, 1.82) is 0 Å². The molecule has 0 unspecified atom stereocenters. The molecule has 5 heteroatoms. The highest BCUT2D eigenvalue weighted by molar-refractivity contribution is 7.26. The second kappa shape index (κ2) is 5.45. The van der Waals surface area contributed by atoms with Crippen LogP contribution in [-0.4, -0.2) is 0 Å². The smallest absolute Gasteiger partial charge is 0.140 e. The molecule has 2 nitrogen and oxygen atoms in total. The van der Waals surface area contributed by atoms with Crippen LogP contribution < -0.4 is 9.47 Å². The first-order valence-corrected chi connectivity index (χ1v) is 12.3. The van der Waals surface area contributed by atoms with E-state index in [4.69, 9.17) is 9.47 Å². The maximum atomic E-state index is 6.52. The summed E-state index contributed by atoms with van der Waals surface area (Å²) in [5.74, 6) is 2.04. The van der Waals surface area contributed by atoms with Gasteiger partial charge in [0, 0.05) is 36.5 Å². The molecule has 2 aliphatic rings. The first kappa shape index (κ1) is 18.0. The van der Waals surface area contributed by atoms with Gasteiger partial charge in [0.05, 0.1) is 14.6 Å². The molecule has 0 spiro atoms. The SMILES string of the molecule is Cc1cc2c(s1)-c1ccc3c4c(sc3c1C(C)(C)O2)-c1sc(C)cc1OC4(C)C. The molecule has 0 amide bonds. The van der Waals surface area contributed by atoms with Gasteiger partial charge < -0.3 is 9.47 Å². The zero-order valence-electron chi connectivity index (χ0n) is 17.4. The lowest BCUT2D eigenvalue weighted by molar-refractivity contribution is 0.107. The molecule has 0 aliphatic carbocycles. The van der Waals surface area contributed by atoms with E-state index in [-0.39, 0.29) is 11.2 Å². The number of benzene rings is 1. The van der Waals surface area contributed by atoms with E-state index in [1.807, 2.05) is 34.0 Å². The van der Waals surface area contributed by atoms with E-state index < -0.39 is 0 Å². The standard InChI is InChI=1S/C24H22O2S3/c1-11-9-15-19(27-11)13-7-8-14-18-22(29-20(14)17(13)23(3,4)25-15)21-16(10-12(2)28-21)26-24(18,5)6/h7-10H,1-6H3. The molecule has 0 saturated heterocycles. The zero-order valence-corrected chi connectivity index (χ0v) is 19.8. The fourth-order valence-corrected chi connectivity index (χ4v) is 8.53. The third kappa shape index (κ3) is 2.32. The van der Waals surface area contributed by atoms with Crippen molar-refractivity contribution < 1.29 is 9.47 Å².